The van der Waals surface area contributed by atoms with E-state index in [0.717, 1.165) is 24.8 Å². The van der Waals surface area contributed by atoms with E-state index in [1.165, 1.54) is 0 Å². The number of hydrogen-bond acceptors (Lipinski definition) is 3. The van der Waals surface area contributed by atoms with Crippen LogP contribution in [0.3, 0.4) is 0 Å². The number of carboxylic acid groups (broad SMARTS) is 1. The molecule has 1 aliphatic heterocycles. The summed E-state index contributed by atoms with van der Waals surface area (Å²) in [6.45, 7) is 2.00. The van der Waals surface area contributed by atoms with Gasteiger partial charge in [0.2, 0.25) is 0 Å². The van der Waals surface area contributed by atoms with Crippen molar-refractivity contribution in [1.29, 1.82) is 0 Å². The van der Waals surface area contributed by atoms with Gasteiger partial charge in [-0.1, -0.05) is 12.1 Å². The minimum atomic E-state index is -0.753. The number of carboxylic acids is 1. The zero-order valence-electron chi connectivity index (χ0n) is 14.2. The molecule has 0 aliphatic carbocycles. The molecule has 0 spiro atoms. The molecule has 1 amide bonds. The number of rotatable bonds is 5. The first kappa shape index (κ1) is 17.2. The molecule has 0 saturated carbocycles. The summed E-state index contributed by atoms with van der Waals surface area (Å²) in [5, 5.41) is 8.96. The molecular formula is C19H23N3O3. The second-order valence-electron chi connectivity index (χ2n) is 6.62. The van der Waals surface area contributed by atoms with E-state index in [1.807, 2.05) is 39.9 Å². The van der Waals surface area contributed by atoms with Gasteiger partial charge in [0.05, 0.1) is 6.33 Å². The van der Waals surface area contributed by atoms with Crippen LogP contribution in [0.1, 0.15) is 41.6 Å². The molecule has 1 saturated heterocycles. The molecule has 0 radical (unpaired) electrons. The van der Waals surface area contributed by atoms with Gasteiger partial charge in [-0.3, -0.25) is 9.59 Å². The summed E-state index contributed by atoms with van der Waals surface area (Å²) in [7, 11) is 0. The topological polar surface area (TPSA) is 75.4 Å². The predicted octanol–water partition coefficient (Wildman–Crippen LogP) is 2.65. The zero-order chi connectivity index (χ0) is 17.6. The Morgan fingerprint density at radius 1 is 1.24 bits per heavy atom. The Kier molecular flexibility index (Phi) is 5.48. The third-order valence-electron chi connectivity index (χ3n) is 4.70. The number of amides is 1. The maximum absolute atomic E-state index is 12.8. The summed E-state index contributed by atoms with van der Waals surface area (Å²) in [6.07, 6.45) is 8.07. The monoisotopic (exact) mass is 341 g/mol. The maximum Gasteiger partial charge on any atom is 0.303 e. The van der Waals surface area contributed by atoms with Gasteiger partial charge in [-0.25, -0.2) is 4.98 Å². The molecular weight excluding hydrogens is 318 g/mol. The fourth-order valence-corrected chi connectivity index (χ4v) is 3.40. The van der Waals surface area contributed by atoms with Gasteiger partial charge in [0.1, 0.15) is 0 Å². The molecule has 1 aromatic carbocycles. The van der Waals surface area contributed by atoms with Crippen LogP contribution in [0.5, 0.6) is 0 Å². The van der Waals surface area contributed by atoms with Crippen LogP contribution in [0.15, 0.2) is 43.0 Å². The molecule has 1 N–H and O–H groups in total. The molecule has 3 rings (SSSR count). The Hall–Kier alpha value is -2.63. The Labute approximate surface area is 147 Å². The Balaban J connectivity index is 1.65. The largest absolute Gasteiger partial charge is 0.481 e. The first-order valence-electron chi connectivity index (χ1n) is 8.67. The van der Waals surface area contributed by atoms with Gasteiger partial charge < -0.3 is 14.6 Å². The normalized spacial score (nSPS) is 17.9. The number of aliphatic carboxylic acids is 1. The number of aromatic nitrogens is 2. The molecule has 1 fully saturated rings. The highest BCUT2D eigenvalue weighted by atomic mass is 16.4. The highest BCUT2D eigenvalue weighted by Crippen LogP contribution is 2.22. The standard InChI is InChI=1S/C19H23N3O3/c23-18(24)12-15-4-2-8-22(9-6-15)19(25)17-5-1-3-16(11-17)13-21-10-7-20-14-21/h1,3,5,7,10-11,14-15H,2,4,6,8-9,12-13H2,(H,23,24)/t15-/m0/s1. The van der Waals surface area contributed by atoms with E-state index in [0.29, 0.717) is 25.2 Å². The molecule has 0 unspecified atom stereocenters. The van der Waals surface area contributed by atoms with Crippen molar-refractivity contribution < 1.29 is 14.7 Å². The number of nitrogens with zero attached hydrogens (tertiary/aromatic N) is 3. The van der Waals surface area contributed by atoms with E-state index in [4.69, 9.17) is 5.11 Å². The predicted molar refractivity (Wildman–Crippen MR) is 93.3 cm³/mol. The molecule has 2 aromatic rings. The van der Waals surface area contributed by atoms with Gasteiger partial charge in [-0.05, 0) is 42.9 Å². The summed E-state index contributed by atoms with van der Waals surface area (Å²) in [6, 6.07) is 7.69. The summed E-state index contributed by atoms with van der Waals surface area (Å²) < 4.78 is 1.96. The third kappa shape index (κ3) is 4.68. The van der Waals surface area contributed by atoms with E-state index in [-0.39, 0.29) is 18.2 Å². The molecule has 1 atom stereocenters. The minimum absolute atomic E-state index is 0.0310. The van der Waals surface area contributed by atoms with Crippen molar-refractivity contribution in [3.63, 3.8) is 0 Å². The van der Waals surface area contributed by atoms with E-state index in [9.17, 15) is 9.59 Å². The lowest BCUT2D eigenvalue weighted by molar-refractivity contribution is -0.138. The molecule has 25 heavy (non-hydrogen) atoms. The first-order chi connectivity index (χ1) is 12.1. The highest BCUT2D eigenvalue weighted by molar-refractivity contribution is 5.94. The highest BCUT2D eigenvalue weighted by Gasteiger charge is 2.23. The molecule has 0 bridgehead atoms. The lowest BCUT2D eigenvalue weighted by Gasteiger charge is -2.21. The van der Waals surface area contributed by atoms with Crippen LogP contribution in [0.4, 0.5) is 0 Å². The van der Waals surface area contributed by atoms with E-state index in [1.54, 1.807) is 12.5 Å². The van der Waals surface area contributed by atoms with Crippen LogP contribution in [-0.4, -0.2) is 44.5 Å². The van der Waals surface area contributed by atoms with Gasteiger partial charge in [-0.2, -0.15) is 0 Å². The number of carbonyl (C=O) groups is 2. The number of benzene rings is 1. The quantitative estimate of drug-likeness (QED) is 0.907. The third-order valence-corrected chi connectivity index (χ3v) is 4.70. The minimum Gasteiger partial charge on any atom is -0.481 e. The average Bonchev–Trinajstić information content (AvgIpc) is 2.99. The smallest absolute Gasteiger partial charge is 0.303 e. The Morgan fingerprint density at radius 3 is 2.88 bits per heavy atom. The van der Waals surface area contributed by atoms with E-state index >= 15 is 0 Å². The summed E-state index contributed by atoms with van der Waals surface area (Å²) in [5.41, 5.74) is 1.75. The van der Waals surface area contributed by atoms with E-state index < -0.39 is 5.97 Å². The van der Waals surface area contributed by atoms with Crippen molar-refractivity contribution in [2.45, 2.75) is 32.2 Å². The van der Waals surface area contributed by atoms with Gasteiger partial charge in [0.15, 0.2) is 0 Å². The van der Waals surface area contributed by atoms with Crippen LogP contribution in [0, 0.1) is 5.92 Å². The number of imidazole rings is 1. The molecule has 1 aliphatic rings. The van der Waals surface area contributed by atoms with E-state index in [2.05, 4.69) is 4.98 Å². The van der Waals surface area contributed by atoms with Gasteiger partial charge in [0.25, 0.3) is 5.91 Å². The summed E-state index contributed by atoms with van der Waals surface area (Å²) in [5.74, 6) is -0.552. The molecule has 132 valence electrons. The molecule has 6 heteroatoms. The summed E-state index contributed by atoms with van der Waals surface area (Å²) in [4.78, 5) is 29.6. The number of carbonyl (C=O) groups excluding carboxylic acids is 1. The fraction of sp³-hybridized carbons (Fsp3) is 0.421. The van der Waals surface area contributed by atoms with Crippen LogP contribution in [0.2, 0.25) is 0 Å². The second kappa shape index (κ2) is 7.96. The van der Waals surface area contributed by atoms with Crippen LogP contribution in [0.25, 0.3) is 0 Å². The van der Waals surface area contributed by atoms with Crippen molar-refractivity contribution in [1.82, 2.24) is 14.5 Å². The second-order valence-corrected chi connectivity index (χ2v) is 6.62. The Bertz CT molecular complexity index is 727. The summed E-state index contributed by atoms with van der Waals surface area (Å²) >= 11 is 0. The lowest BCUT2D eigenvalue weighted by atomic mass is 9.97. The molecule has 2 heterocycles. The van der Waals surface area contributed by atoms with Gasteiger partial charge in [0, 0.05) is 44.0 Å². The molecule has 6 nitrogen and oxygen atoms in total. The van der Waals surface area contributed by atoms with Crippen LogP contribution < -0.4 is 0 Å². The first-order valence-corrected chi connectivity index (χ1v) is 8.67. The number of likely N-dealkylation sites (tertiary alicyclic amines) is 1. The van der Waals surface area contributed by atoms with Crippen molar-refractivity contribution >= 4 is 11.9 Å². The average molecular weight is 341 g/mol. The zero-order valence-corrected chi connectivity index (χ0v) is 14.2. The van der Waals surface area contributed by atoms with Crippen molar-refractivity contribution in [3.05, 3.63) is 54.1 Å². The Morgan fingerprint density at radius 2 is 2.12 bits per heavy atom. The van der Waals surface area contributed by atoms with Crippen molar-refractivity contribution in [2.24, 2.45) is 5.92 Å². The van der Waals surface area contributed by atoms with Crippen LogP contribution >= 0.6 is 0 Å². The van der Waals surface area contributed by atoms with Gasteiger partial charge in [-0.15, -0.1) is 0 Å². The maximum atomic E-state index is 12.8. The SMILES string of the molecule is O=C(O)C[C@H]1CCCN(C(=O)c2cccc(Cn3ccnc3)c2)CC1. The lowest BCUT2D eigenvalue weighted by Crippen LogP contribution is -2.32. The van der Waals surface area contributed by atoms with Crippen molar-refractivity contribution in [3.8, 4) is 0 Å². The van der Waals surface area contributed by atoms with Gasteiger partial charge >= 0.3 is 5.97 Å². The van der Waals surface area contributed by atoms with Crippen molar-refractivity contribution in [2.75, 3.05) is 13.1 Å². The fourth-order valence-electron chi connectivity index (χ4n) is 3.40. The molecule has 1 aromatic heterocycles. The van der Waals surface area contributed by atoms with Crippen LogP contribution in [-0.2, 0) is 11.3 Å². The number of hydrogen-bond donors (Lipinski definition) is 1.